The minimum atomic E-state index is 0.185. The van der Waals surface area contributed by atoms with E-state index in [-0.39, 0.29) is 5.91 Å². The highest BCUT2D eigenvalue weighted by Crippen LogP contribution is 2.30. The molecule has 0 radical (unpaired) electrons. The zero-order chi connectivity index (χ0) is 13.7. The van der Waals surface area contributed by atoms with Crippen molar-refractivity contribution in [3.63, 3.8) is 0 Å². The molecule has 1 aromatic heterocycles. The molecule has 106 valence electrons. The van der Waals surface area contributed by atoms with Crippen LogP contribution in [0.15, 0.2) is 6.07 Å². The number of aryl methyl sites for hydroxylation is 2. The van der Waals surface area contributed by atoms with Crippen molar-refractivity contribution in [3.8, 4) is 0 Å². The number of hydrogen-bond acceptors (Lipinski definition) is 2. The Kier molecular flexibility index (Phi) is 5.71. The number of amides is 1. The smallest absolute Gasteiger partial charge is 0.263 e. The van der Waals surface area contributed by atoms with Crippen LogP contribution in [-0.2, 0) is 12.8 Å². The second kappa shape index (κ2) is 7.30. The molecule has 2 nitrogen and oxygen atoms in total. The molecule has 2 rings (SSSR count). The molecule has 0 spiro atoms. The van der Waals surface area contributed by atoms with Crippen molar-refractivity contribution in [1.82, 2.24) is 4.90 Å². The molecule has 4 heteroatoms. The Balaban J connectivity index is 1.89. The Labute approximate surface area is 124 Å². The van der Waals surface area contributed by atoms with E-state index in [2.05, 4.69) is 6.07 Å². The van der Waals surface area contributed by atoms with Gasteiger partial charge in [-0.05, 0) is 50.2 Å². The van der Waals surface area contributed by atoms with E-state index in [1.165, 1.54) is 23.3 Å². The van der Waals surface area contributed by atoms with Gasteiger partial charge in [-0.25, -0.2) is 0 Å². The molecule has 0 fully saturated rings. The average Bonchev–Trinajstić information content (AvgIpc) is 2.86. The molecular weight excluding hydrogens is 278 g/mol. The van der Waals surface area contributed by atoms with Crippen molar-refractivity contribution in [1.29, 1.82) is 0 Å². The van der Waals surface area contributed by atoms with Crippen LogP contribution in [0.5, 0.6) is 0 Å². The molecule has 0 aromatic carbocycles. The predicted molar refractivity (Wildman–Crippen MR) is 82.5 cm³/mol. The fourth-order valence-electron chi connectivity index (χ4n) is 2.51. The number of alkyl halides is 1. The summed E-state index contributed by atoms with van der Waals surface area (Å²) in [6, 6.07) is 2.12. The van der Waals surface area contributed by atoms with E-state index in [9.17, 15) is 4.79 Å². The lowest BCUT2D eigenvalue weighted by atomic mass is 9.99. The van der Waals surface area contributed by atoms with Gasteiger partial charge in [-0.15, -0.1) is 22.9 Å². The van der Waals surface area contributed by atoms with Crippen LogP contribution in [0.4, 0.5) is 0 Å². The summed E-state index contributed by atoms with van der Waals surface area (Å²) in [7, 11) is 1.90. The first-order valence-electron chi connectivity index (χ1n) is 7.15. The van der Waals surface area contributed by atoms with E-state index in [1.807, 2.05) is 11.9 Å². The third kappa shape index (κ3) is 3.96. The van der Waals surface area contributed by atoms with Gasteiger partial charge in [0.1, 0.15) is 0 Å². The monoisotopic (exact) mass is 299 g/mol. The Bertz CT molecular complexity index is 406. The van der Waals surface area contributed by atoms with Crippen molar-refractivity contribution in [2.45, 2.75) is 44.9 Å². The summed E-state index contributed by atoms with van der Waals surface area (Å²) in [4.78, 5) is 16.5. The van der Waals surface area contributed by atoms with Gasteiger partial charge in [-0.1, -0.05) is 6.42 Å². The molecule has 1 amide bonds. The maximum absolute atomic E-state index is 12.3. The van der Waals surface area contributed by atoms with Crippen LogP contribution in [0, 0.1) is 0 Å². The van der Waals surface area contributed by atoms with Gasteiger partial charge in [0.2, 0.25) is 0 Å². The van der Waals surface area contributed by atoms with Crippen LogP contribution in [0.25, 0.3) is 0 Å². The Morgan fingerprint density at radius 3 is 2.84 bits per heavy atom. The van der Waals surface area contributed by atoms with Gasteiger partial charge in [0.05, 0.1) is 4.88 Å². The van der Waals surface area contributed by atoms with Crippen molar-refractivity contribution < 1.29 is 4.79 Å². The molecule has 1 aliphatic carbocycles. The number of carbonyl (C=O) groups excluding carboxylic acids is 1. The Morgan fingerprint density at radius 1 is 1.32 bits per heavy atom. The largest absolute Gasteiger partial charge is 0.341 e. The quantitative estimate of drug-likeness (QED) is 0.572. The third-order valence-electron chi connectivity index (χ3n) is 3.68. The van der Waals surface area contributed by atoms with E-state index in [1.54, 1.807) is 11.3 Å². The van der Waals surface area contributed by atoms with Crippen LogP contribution in [0.3, 0.4) is 0 Å². The normalized spacial score (nSPS) is 14.2. The van der Waals surface area contributed by atoms with Gasteiger partial charge in [-0.2, -0.15) is 0 Å². The number of halogens is 1. The molecule has 1 heterocycles. The van der Waals surface area contributed by atoms with Crippen molar-refractivity contribution in [3.05, 3.63) is 21.4 Å². The standard InChI is InChI=1S/C15H22ClNOS/c1-17(10-6-2-5-9-16)15(18)14-11-12-7-3-4-8-13(12)19-14/h11H,2-10H2,1H3. The van der Waals surface area contributed by atoms with Crippen LogP contribution in [0.1, 0.15) is 52.2 Å². The number of nitrogens with zero attached hydrogens (tertiary/aromatic N) is 1. The van der Waals surface area contributed by atoms with E-state index in [0.717, 1.165) is 49.4 Å². The minimum Gasteiger partial charge on any atom is -0.341 e. The highest BCUT2D eigenvalue weighted by molar-refractivity contribution is 7.14. The summed E-state index contributed by atoms with van der Waals surface area (Å²) in [5.74, 6) is 0.903. The van der Waals surface area contributed by atoms with Gasteiger partial charge in [0.15, 0.2) is 0 Å². The van der Waals surface area contributed by atoms with Crippen molar-refractivity contribution in [2.24, 2.45) is 0 Å². The Morgan fingerprint density at radius 2 is 2.11 bits per heavy atom. The number of thiophene rings is 1. The number of unbranched alkanes of at least 4 members (excludes halogenated alkanes) is 2. The molecule has 1 aliphatic rings. The van der Waals surface area contributed by atoms with E-state index < -0.39 is 0 Å². The molecule has 0 saturated carbocycles. The summed E-state index contributed by atoms with van der Waals surface area (Å²) >= 11 is 7.36. The number of carbonyl (C=O) groups is 1. The number of hydrogen-bond donors (Lipinski definition) is 0. The van der Waals surface area contributed by atoms with E-state index >= 15 is 0 Å². The lowest BCUT2D eigenvalue weighted by Crippen LogP contribution is -2.27. The zero-order valence-electron chi connectivity index (χ0n) is 11.6. The van der Waals surface area contributed by atoms with Crippen LogP contribution in [-0.4, -0.2) is 30.3 Å². The molecule has 0 aliphatic heterocycles. The zero-order valence-corrected chi connectivity index (χ0v) is 13.2. The highest BCUT2D eigenvalue weighted by Gasteiger charge is 2.19. The fourth-order valence-corrected chi connectivity index (χ4v) is 3.94. The van der Waals surface area contributed by atoms with E-state index in [0.29, 0.717) is 0 Å². The SMILES string of the molecule is CN(CCCCCCl)C(=O)c1cc2c(s1)CCCC2. The van der Waals surface area contributed by atoms with Gasteiger partial charge < -0.3 is 4.90 Å². The fraction of sp³-hybridized carbons (Fsp3) is 0.667. The van der Waals surface area contributed by atoms with E-state index in [4.69, 9.17) is 11.6 Å². The maximum atomic E-state index is 12.3. The van der Waals surface area contributed by atoms with Crippen LogP contribution < -0.4 is 0 Å². The van der Waals surface area contributed by atoms with Gasteiger partial charge in [0.25, 0.3) is 5.91 Å². The van der Waals surface area contributed by atoms with Crippen LogP contribution in [0.2, 0.25) is 0 Å². The molecule has 0 saturated heterocycles. The first-order chi connectivity index (χ1) is 9.22. The van der Waals surface area contributed by atoms with Crippen molar-refractivity contribution in [2.75, 3.05) is 19.5 Å². The average molecular weight is 300 g/mol. The molecule has 0 atom stereocenters. The summed E-state index contributed by atoms with van der Waals surface area (Å²) in [5, 5.41) is 0. The van der Waals surface area contributed by atoms with Gasteiger partial charge in [0, 0.05) is 24.3 Å². The first-order valence-corrected chi connectivity index (χ1v) is 8.50. The highest BCUT2D eigenvalue weighted by atomic mass is 35.5. The number of rotatable bonds is 6. The second-order valence-corrected chi connectivity index (χ2v) is 6.76. The van der Waals surface area contributed by atoms with Crippen molar-refractivity contribution >= 4 is 28.8 Å². The molecule has 0 unspecified atom stereocenters. The van der Waals surface area contributed by atoms with Gasteiger partial charge >= 0.3 is 0 Å². The summed E-state index contributed by atoms with van der Waals surface area (Å²) in [6.07, 6.45) is 8.03. The Hall–Kier alpha value is -0.540. The predicted octanol–water partition coefficient (Wildman–Crippen LogP) is 4.11. The lowest BCUT2D eigenvalue weighted by Gasteiger charge is -2.15. The van der Waals surface area contributed by atoms with Gasteiger partial charge in [-0.3, -0.25) is 4.79 Å². The maximum Gasteiger partial charge on any atom is 0.263 e. The molecule has 0 N–H and O–H groups in total. The summed E-state index contributed by atoms with van der Waals surface area (Å²) in [6.45, 7) is 0.832. The first kappa shape index (κ1) is 14.9. The summed E-state index contributed by atoms with van der Waals surface area (Å²) < 4.78 is 0. The lowest BCUT2D eigenvalue weighted by molar-refractivity contribution is 0.0797. The molecule has 19 heavy (non-hydrogen) atoms. The molecule has 1 aromatic rings. The topological polar surface area (TPSA) is 20.3 Å². The number of fused-ring (bicyclic) bond motifs is 1. The second-order valence-electron chi connectivity index (χ2n) is 5.24. The van der Waals surface area contributed by atoms with Crippen LogP contribution >= 0.6 is 22.9 Å². The molecular formula is C15H22ClNOS. The molecule has 0 bridgehead atoms. The minimum absolute atomic E-state index is 0.185. The third-order valence-corrected chi connectivity index (χ3v) is 5.17. The summed E-state index contributed by atoms with van der Waals surface area (Å²) in [5.41, 5.74) is 1.41.